The number of benzene rings is 1. The molecule has 0 saturated carbocycles. The summed E-state index contributed by atoms with van der Waals surface area (Å²) >= 11 is 0. The minimum absolute atomic E-state index is 0.0191. The van der Waals surface area contributed by atoms with Gasteiger partial charge in [-0.1, -0.05) is 6.07 Å². The highest BCUT2D eigenvalue weighted by Crippen LogP contribution is 2.23. The van der Waals surface area contributed by atoms with Crippen LogP contribution in [0.1, 0.15) is 19.5 Å². The lowest BCUT2D eigenvalue weighted by atomic mass is 9.88. The standard InChI is InChI=1S/C15H19N5O3S/c1-15(2,13(21)17-3)12-7-8-18-14(20-12)19-10-5-4-6-11(9-10)24(16,22)23/h4-9H,1-3H3,(H,17,21)(H2,16,22,23)(H,18,19,20). The van der Waals surface area contributed by atoms with E-state index in [2.05, 4.69) is 20.6 Å². The first kappa shape index (κ1) is 17.8. The van der Waals surface area contributed by atoms with Gasteiger partial charge in [0.05, 0.1) is 16.0 Å². The molecule has 0 atom stereocenters. The highest BCUT2D eigenvalue weighted by Gasteiger charge is 2.30. The molecule has 0 radical (unpaired) electrons. The molecule has 4 N–H and O–H groups in total. The Bertz CT molecular complexity index is 865. The van der Waals surface area contributed by atoms with E-state index in [0.717, 1.165) is 0 Å². The number of sulfonamides is 1. The summed E-state index contributed by atoms with van der Waals surface area (Å²) in [7, 11) is -2.24. The number of rotatable bonds is 5. The van der Waals surface area contributed by atoms with Crippen molar-refractivity contribution in [3.8, 4) is 0 Å². The zero-order valence-corrected chi connectivity index (χ0v) is 14.4. The van der Waals surface area contributed by atoms with Crippen LogP contribution in [-0.2, 0) is 20.2 Å². The van der Waals surface area contributed by atoms with Crippen LogP contribution in [0.25, 0.3) is 0 Å². The van der Waals surface area contributed by atoms with Gasteiger partial charge in [-0.25, -0.2) is 23.5 Å². The summed E-state index contributed by atoms with van der Waals surface area (Å²) in [6.45, 7) is 3.50. The number of carbonyl (C=O) groups excluding carboxylic acids is 1. The van der Waals surface area contributed by atoms with Crippen LogP contribution in [-0.4, -0.2) is 31.3 Å². The second-order valence-corrected chi connectivity index (χ2v) is 7.23. The van der Waals surface area contributed by atoms with E-state index in [0.29, 0.717) is 11.4 Å². The van der Waals surface area contributed by atoms with Gasteiger partial charge in [0.2, 0.25) is 21.9 Å². The fraction of sp³-hybridized carbons (Fsp3) is 0.267. The molecule has 24 heavy (non-hydrogen) atoms. The number of nitrogens with zero attached hydrogens (tertiary/aromatic N) is 2. The minimum atomic E-state index is -3.80. The molecule has 1 heterocycles. The predicted octanol–water partition coefficient (Wildman–Crippen LogP) is 0.891. The van der Waals surface area contributed by atoms with Crippen molar-refractivity contribution in [2.75, 3.05) is 12.4 Å². The van der Waals surface area contributed by atoms with E-state index >= 15 is 0 Å². The van der Waals surface area contributed by atoms with Crippen LogP contribution in [0.4, 0.5) is 11.6 Å². The van der Waals surface area contributed by atoms with Crippen LogP contribution in [0, 0.1) is 0 Å². The van der Waals surface area contributed by atoms with Gasteiger partial charge in [0.15, 0.2) is 0 Å². The Morgan fingerprint density at radius 3 is 2.58 bits per heavy atom. The van der Waals surface area contributed by atoms with E-state index in [1.807, 2.05) is 0 Å². The maximum Gasteiger partial charge on any atom is 0.238 e. The third kappa shape index (κ3) is 3.87. The minimum Gasteiger partial charge on any atom is -0.358 e. The van der Waals surface area contributed by atoms with Crippen LogP contribution in [0.3, 0.4) is 0 Å². The van der Waals surface area contributed by atoms with Gasteiger partial charge in [-0.15, -0.1) is 0 Å². The number of nitrogens with two attached hydrogens (primary N) is 1. The molecule has 0 aliphatic carbocycles. The summed E-state index contributed by atoms with van der Waals surface area (Å²) < 4.78 is 22.8. The molecule has 2 rings (SSSR count). The van der Waals surface area contributed by atoms with Gasteiger partial charge in [0.25, 0.3) is 0 Å². The third-order valence-electron chi connectivity index (χ3n) is 3.51. The van der Waals surface area contributed by atoms with Crippen LogP contribution in [0.2, 0.25) is 0 Å². The largest absolute Gasteiger partial charge is 0.358 e. The smallest absolute Gasteiger partial charge is 0.238 e. The van der Waals surface area contributed by atoms with Crippen molar-refractivity contribution in [1.29, 1.82) is 0 Å². The Hall–Kier alpha value is -2.52. The van der Waals surface area contributed by atoms with E-state index in [1.165, 1.54) is 18.3 Å². The van der Waals surface area contributed by atoms with Crippen molar-refractivity contribution in [2.45, 2.75) is 24.2 Å². The van der Waals surface area contributed by atoms with Gasteiger partial charge >= 0.3 is 0 Å². The number of anilines is 2. The van der Waals surface area contributed by atoms with Crippen molar-refractivity contribution < 1.29 is 13.2 Å². The molecule has 1 aromatic heterocycles. The first-order chi connectivity index (χ1) is 11.1. The highest BCUT2D eigenvalue weighted by molar-refractivity contribution is 7.89. The molecule has 2 aromatic rings. The Balaban J connectivity index is 2.33. The lowest BCUT2D eigenvalue weighted by molar-refractivity contribution is -0.125. The van der Waals surface area contributed by atoms with Crippen molar-refractivity contribution in [2.24, 2.45) is 5.14 Å². The maximum atomic E-state index is 12.0. The predicted molar refractivity (Wildman–Crippen MR) is 90.2 cm³/mol. The van der Waals surface area contributed by atoms with Crippen LogP contribution >= 0.6 is 0 Å². The van der Waals surface area contributed by atoms with Gasteiger partial charge in [-0.05, 0) is 38.1 Å². The Labute approximate surface area is 140 Å². The van der Waals surface area contributed by atoms with E-state index in [9.17, 15) is 13.2 Å². The second-order valence-electron chi connectivity index (χ2n) is 5.67. The van der Waals surface area contributed by atoms with Crippen LogP contribution in [0.5, 0.6) is 0 Å². The topological polar surface area (TPSA) is 127 Å². The summed E-state index contributed by atoms with van der Waals surface area (Å²) in [6, 6.07) is 7.65. The van der Waals surface area contributed by atoms with Crippen LogP contribution in [0.15, 0.2) is 41.4 Å². The SMILES string of the molecule is CNC(=O)C(C)(C)c1ccnc(Nc2cccc(S(N)(=O)=O)c2)n1. The number of likely N-dealkylation sites (N-methyl/N-ethyl adjacent to an activating group) is 1. The molecule has 0 saturated heterocycles. The van der Waals surface area contributed by atoms with Gasteiger partial charge in [-0.3, -0.25) is 4.79 Å². The van der Waals surface area contributed by atoms with Crippen molar-refractivity contribution >= 4 is 27.6 Å². The number of aromatic nitrogens is 2. The van der Waals surface area contributed by atoms with E-state index in [1.54, 1.807) is 39.1 Å². The molecule has 0 aliphatic rings. The number of carbonyl (C=O) groups is 1. The number of nitrogens with one attached hydrogen (secondary N) is 2. The molecule has 8 nitrogen and oxygen atoms in total. The fourth-order valence-electron chi connectivity index (χ4n) is 2.08. The summed E-state index contributed by atoms with van der Waals surface area (Å²) in [6.07, 6.45) is 1.53. The molecule has 128 valence electrons. The molecular weight excluding hydrogens is 330 g/mol. The molecular formula is C15H19N5O3S. The van der Waals surface area contributed by atoms with Gasteiger partial charge in [0.1, 0.15) is 0 Å². The van der Waals surface area contributed by atoms with E-state index < -0.39 is 15.4 Å². The number of hydrogen-bond acceptors (Lipinski definition) is 6. The molecule has 9 heteroatoms. The molecule has 1 aromatic carbocycles. The second kappa shape index (κ2) is 6.54. The quantitative estimate of drug-likeness (QED) is 0.736. The van der Waals surface area contributed by atoms with E-state index in [4.69, 9.17) is 5.14 Å². The average molecular weight is 349 g/mol. The summed E-state index contributed by atoms with van der Waals surface area (Å²) in [5.41, 5.74) is 0.162. The number of hydrogen-bond donors (Lipinski definition) is 3. The molecule has 0 aliphatic heterocycles. The molecule has 0 bridgehead atoms. The average Bonchev–Trinajstić information content (AvgIpc) is 2.53. The van der Waals surface area contributed by atoms with Gasteiger partial charge in [-0.2, -0.15) is 0 Å². The normalized spacial score (nSPS) is 11.8. The Morgan fingerprint density at radius 1 is 1.25 bits per heavy atom. The lowest BCUT2D eigenvalue weighted by Gasteiger charge is -2.22. The van der Waals surface area contributed by atoms with Crippen LogP contribution < -0.4 is 15.8 Å². The zero-order valence-electron chi connectivity index (χ0n) is 13.6. The summed E-state index contributed by atoms with van der Waals surface area (Å²) in [5, 5.41) is 10.6. The third-order valence-corrected chi connectivity index (χ3v) is 4.42. The van der Waals surface area contributed by atoms with Crippen molar-refractivity contribution in [1.82, 2.24) is 15.3 Å². The summed E-state index contributed by atoms with van der Waals surface area (Å²) in [5.74, 6) is 0.0689. The monoisotopic (exact) mass is 349 g/mol. The summed E-state index contributed by atoms with van der Waals surface area (Å²) in [4.78, 5) is 20.4. The van der Waals surface area contributed by atoms with Crippen molar-refractivity contribution in [3.05, 3.63) is 42.2 Å². The lowest BCUT2D eigenvalue weighted by Crippen LogP contribution is -2.38. The van der Waals surface area contributed by atoms with Gasteiger partial charge in [0, 0.05) is 18.9 Å². The van der Waals surface area contributed by atoms with Crippen molar-refractivity contribution in [3.63, 3.8) is 0 Å². The molecule has 0 fully saturated rings. The maximum absolute atomic E-state index is 12.0. The molecule has 1 amide bonds. The zero-order chi connectivity index (χ0) is 18.0. The highest BCUT2D eigenvalue weighted by atomic mass is 32.2. The number of primary sulfonamides is 1. The van der Waals surface area contributed by atoms with Gasteiger partial charge < -0.3 is 10.6 Å². The Morgan fingerprint density at radius 2 is 1.96 bits per heavy atom. The van der Waals surface area contributed by atoms with E-state index in [-0.39, 0.29) is 16.8 Å². The molecule has 0 spiro atoms. The first-order valence-electron chi connectivity index (χ1n) is 7.10. The Kier molecular flexibility index (Phi) is 4.86. The first-order valence-corrected chi connectivity index (χ1v) is 8.65. The fourth-order valence-corrected chi connectivity index (χ4v) is 2.64. The number of amides is 1. The molecule has 0 unspecified atom stereocenters.